The van der Waals surface area contributed by atoms with Gasteiger partial charge in [0, 0.05) is 12.6 Å². The number of benzene rings is 2. The van der Waals surface area contributed by atoms with Gasteiger partial charge in [-0.25, -0.2) is 4.39 Å². The van der Waals surface area contributed by atoms with Crippen LogP contribution in [0.3, 0.4) is 0 Å². The van der Waals surface area contributed by atoms with Gasteiger partial charge in [-0.2, -0.15) is 0 Å². The predicted octanol–water partition coefficient (Wildman–Crippen LogP) is 2.02. The second-order valence-electron chi connectivity index (χ2n) is 5.70. The Labute approximate surface area is 130 Å². The van der Waals surface area contributed by atoms with Crippen LogP contribution in [-0.2, 0) is 12.8 Å². The monoisotopic (exact) mass is 302 g/mol. The number of nitrogens with two attached hydrogens (primary N) is 2. The molecule has 22 heavy (non-hydrogen) atoms. The minimum absolute atomic E-state index is 0.0510. The first-order chi connectivity index (χ1) is 10.5. The Balaban J connectivity index is 2.03. The van der Waals surface area contributed by atoms with Gasteiger partial charge in [0.05, 0.1) is 5.60 Å². The van der Waals surface area contributed by atoms with Crippen molar-refractivity contribution in [2.45, 2.75) is 30.9 Å². The van der Waals surface area contributed by atoms with Crippen LogP contribution in [0.1, 0.15) is 17.5 Å². The summed E-state index contributed by atoms with van der Waals surface area (Å²) in [5.41, 5.74) is 12.3. The molecule has 0 saturated heterocycles. The maximum atomic E-state index is 13.7. The molecule has 5 N–H and O–H groups in total. The van der Waals surface area contributed by atoms with Crippen molar-refractivity contribution < 1.29 is 9.50 Å². The maximum absolute atomic E-state index is 13.7. The molecule has 0 spiro atoms. The number of rotatable bonds is 7. The summed E-state index contributed by atoms with van der Waals surface area (Å²) in [7, 11) is 0. The smallest absolute Gasteiger partial charge is 0.126 e. The Bertz CT molecular complexity index is 591. The molecule has 0 fully saturated rings. The summed E-state index contributed by atoms with van der Waals surface area (Å²) in [4.78, 5) is 0. The molecule has 0 amide bonds. The van der Waals surface area contributed by atoms with E-state index in [2.05, 4.69) is 0 Å². The van der Waals surface area contributed by atoms with Crippen LogP contribution < -0.4 is 11.5 Å². The summed E-state index contributed by atoms with van der Waals surface area (Å²) in [5.74, 6) is -0.265. The number of halogens is 1. The normalized spacial score (nSPS) is 15.3. The Morgan fingerprint density at radius 1 is 1.05 bits per heavy atom. The van der Waals surface area contributed by atoms with Crippen molar-refractivity contribution in [3.63, 3.8) is 0 Å². The predicted molar refractivity (Wildman–Crippen MR) is 86.8 cm³/mol. The summed E-state index contributed by atoms with van der Waals surface area (Å²) >= 11 is 0. The molecule has 3 nitrogen and oxygen atoms in total. The molecule has 0 unspecified atom stereocenters. The zero-order chi connectivity index (χ0) is 16.0. The molecular weight excluding hydrogens is 279 g/mol. The lowest BCUT2D eigenvalue weighted by atomic mass is 9.84. The van der Waals surface area contributed by atoms with E-state index in [1.165, 1.54) is 6.07 Å². The van der Waals surface area contributed by atoms with Gasteiger partial charge >= 0.3 is 0 Å². The van der Waals surface area contributed by atoms with Crippen LogP contribution in [0.2, 0.25) is 0 Å². The first kappa shape index (κ1) is 16.6. The molecular formula is C18H23FN2O. The molecule has 0 heterocycles. The number of hydrogen-bond acceptors (Lipinski definition) is 3. The van der Waals surface area contributed by atoms with Crippen LogP contribution in [0.5, 0.6) is 0 Å². The van der Waals surface area contributed by atoms with E-state index in [1.54, 1.807) is 18.2 Å². The summed E-state index contributed by atoms with van der Waals surface area (Å²) in [6.45, 7) is 0.0510. The summed E-state index contributed by atoms with van der Waals surface area (Å²) in [5, 5.41) is 10.7. The second kappa shape index (κ2) is 7.49. The van der Waals surface area contributed by atoms with Crippen LogP contribution in [0, 0.1) is 5.82 Å². The number of aryl methyl sites for hydroxylation is 1. The van der Waals surface area contributed by atoms with E-state index in [9.17, 15) is 9.50 Å². The van der Waals surface area contributed by atoms with Gasteiger partial charge in [-0.05, 0) is 36.5 Å². The Kier molecular flexibility index (Phi) is 5.66. The van der Waals surface area contributed by atoms with Crippen molar-refractivity contribution in [3.05, 3.63) is 71.5 Å². The van der Waals surface area contributed by atoms with Crippen molar-refractivity contribution in [3.8, 4) is 0 Å². The molecule has 0 radical (unpaired) electrons. The fraction of sp³-hybridized carbons (Fsp3) is 0.333. The Morgan fingerprint density at radius 3 is 2.32 bits per heavy atom. The molecule has 118 valence electrons. The van der Waals surface area contributed by atoms with Crippen LogP contribution in [0.4, 0.5) is 4.39 Å². The van der Waals surface area contributed by atoms with Gasteiger partial charge < -0.3 is 16.6 Å². The fourth-order valence-corrected chi connectivity index (χ4v) is 2.55. The quantitative estimate of drug-likeness (QED) is 0.732. The Morgan fingerprint density at radius 2 is 1.68 bits per heavy atom. The molecule has 0 aliphatic rings. The van der Waals surface area contributed by atoms with Crippen molar-refractivity contribution in [2.24, 2.45) is 11.5 Å². The summed E-state index contributed by atoms with van der Waals surface area (Å²) in [6, 6.07) is 15.8. The zero-order valence-electron chi connectivity index (χ0n) is 12.6. The molecule has 0 aliphatic carbocycles. The lowest BCUT2D eigenvalue weighted by Gasteiger charge is -2.33. The lowest BCUT2D eigenvalue weighted by Crippen LogP contribution is -2.54. The number of hydrogen-bond donors (Lipinski definition) is 3. The third-order valence-electron chi connectivity index (χ3n) is 4.13. The second-order valence-corrected chi connectivity index (χ2v) is 5.70. The average molecular weight is 302 g/mol. The average Bonchev–Trinajstić information content (AvgIpc) is 2.54. The third-order valence-corrected chi connectivity index (χ3v) is 4.13. The molecule has 0 bridgehead atoms. The lowest BCUT2D eigenvalue weighted by molar-refractivity contribution is 0.0145. The van der Waals surface area contributed by atoms with Crippen LogP contribution in [0.25, 0.3) is 0 Å². The van der Waals surface area contributed by atoms with E-state index >= 15 is 0 Å². The first-order valence-corrected chi connectivity index (χ1v) is 7.50. The van der Waals surface area contributed by atoms with E-state index in [1.807, 2.05) is 30.3 Å². The SMILES string of the molecule is NC[C@](O)(CCc1ccccc1F)[C@@H](N)Cc1ccccc1. The molecule has 2 rings (SSSR count). The molecule has 2 atom stereocenters. The first-order valence-electron chi connectivity index (χ1n) is 7.50. The molecule has 0 aromatic heterocycles. The molecule has 4 heteroatoms. The van der Waals surface area contributed by atoms with Gasteiger partial charge in [-0.3, -0.25) is 0 Å². The molecule has 0 aliphatic heterocycles. The van der Waals surface area contributed by atoms with Crippen molar-refractivity contribution in [1.82, 2.24) is 0 Å². The highest BCUT2D eigenvalue weighted by atomic mass is 19.1. The third kappa shape index (κ3) is 4.13. The van der Waals surface area contributed by atoms with Crippen LogP contribution >= 0.6 is 0 Å². The van der Waals surface area contributed by atoms with E-state index < -0.39 is 11.6 Å². The van der Waals surface area contributed by atoms with E-state index in [4.69, 9.17) is 11.5 Å². The van der Waals surface area contributed by atoms with E-state index in [-0.39, 0.29) is 12.4 Å². The van der Waals surface area contributed by atoms with Crippen LogP contribution in [0.15, 0.2) is 54.6 Å². The van der Waals surface area contributed by atoms with E-state index in [0.29, 0.717) is 24.8 Å². The molecule has 0 saturated carbocycles. The van der Waals surface area contributed by atoms with Crippen LogP contribution in [-0.4, -0.2) is 23.3 Å². The largest absolute Gasteiger partial charge is 0.387 e. The minimum Gasteiger partial charge on any atom is -0.387 e. The fourth-order valence-electron chi connectivity index (χ4n) is 2.55. The van der Waals surface area contributed by atoms with Gasteiger partial charge in [0.2, 0.25) is 0 Å². The molecule has 2 aromatic carbocycles. The highest BCUT2D eigenvalue weighted by Gasteiger charge is 2.32. The number of aliphatic hydroxyl groups is 1. The van der Waals surface area contributed by atoms with Gasteiger partial charge in [-0.1, -0.05) is 48.5 Å². The maximum Gasteiger partial charge on any atom is 0.126 e. The Hall–Kier alpha value is -1.75. The van der Waals surface area contributed by atoms with Gasteiger partial charge in [0.25, 0.3) is 0 Å². The van der Waals surface area contributed by atoms with E-state index in [0.717, 1.165) is 5.56 Å². The van der Waals surface area contributed by atoms with Gasteiger partial charge in [0.15, 0.2) is 0 Å². The highest BCUT2D eigenvalue weighted by Crippen LogP contribution is 2.20. The van der Waals surface area contributed by atoms with Crippen molar-refractivity contribution >= 4 is 0 Å². The van der Waals surface area contributed by atoms with Gasteiger partial charge in [0.1, 0.15) is 5.82 Å². The highest BCUT2D eigenvalue weighted by molar-refractivity contribution is 5.19. The van der Waals surface area contributed by atoms with Crippen molar-refractivity contribution in [2.75, 3.05) is 6.54 Å². The minimum atomic E-state index is -1.21. The summed E-state index contributed by atoms with van der Waals surface area (Å²) < 4.78 is 13.7. The zero-order valence-corrected chi connectivity index (χ0v) is 12.6. The van der Waals surface area contributed by atoms with Crippen molar-refractivity contribution in [1.29, 1.82) is 0 Å². The standard InChI is InChI=1S/C18H23FN2O/c19-16-9-5-4-8-15(16)10-11-18(22,13-20)17(21)12-14-6-2-1-3-7-14/h1-9,17,22H,10-13,20-21H2/t17-,18+/m0/s1. The summed E-state index contributed by atoms with van der Waals surface area (Å²) in [6.07, 6.45) is 1.27. The van der Waals surface area contributed by atoms with Gasteiger partial charge in [-0.15, -0.1) is 0 Å². The topological polar surface area (TPSA) is 72.3 Å². The molecule has 2 aromatic rings.